The molecule has 0 bridgehead atoms. The molecule has 0 saturated carbocycles. The molecule has 6 nitrogen and oxygen atoms in total. The van der Waals surface area contributed by atoms with Gasteiger partial charge in [-0.3, -0.25) is 0 Å². The Kier molecular flexibility index (Phi) is 8.41. The summed E-state index contributed by atoms with van der Waals surface area (Å²) in [5.41, 5.74) is 7.65. The second-order valence-electron chi connectivity index (χ2n) is 10.0. The lowest BCUT2D eigenvalue weighted by molar-refractivity contribution is 0.0697. The van der Waals surface area contributed by atoms with Gasteiger partial charge in [-0.15, -0.1) is 0 Å². The number of hydrogen-bond acceptors (Lipinski definition) is 5. The van der Waals surface area contributed by atoms with E-state index in [0.717, 1.165) is 77.1 Å². The monoisotopic (exact) mass is 569 g/mol. The molecule has 0 radical (unpaired) electrons. The minimum absolute atomic E-state index is 0.273. The highest BCUT2D eigenvalue weighted by Gasteiger charge is 2.27. The maximum Gasteiger partial charge on any atom is 0.336 e. The lowest BCUT2D eigenvalue weighted by atomic mass is 9.89. The van der Waals surface area contributed by atoms with Gasteiger partial charge in [0.2, 0.25) is 0 Å². The van der Waals surface area contributed by atoms with Crippen molar-refractivity contribution in [2.45, 2.75) is 34.1 Å². The molecule has 2 N–H and O–H groups in total. The molecule has 0 amide bonds. The Labute approximate surface area is 247 Å². The van der Waals surface area contributed by atoms with Gasteiger partial charge in [0.1, 0.15) is 11.5 Å². The first-order valence-electron chi connectivity index (χ1n) is 14.2. The number of nitrogens with one attached hydrogen (secondary N) is 1. The number of nitrogens with zero attached hydrogens (tertiary/aromatic N) is 2. The van der Waals surface area contributed by atoms with Crippen molar-refractivity contribution in [3.05, 3.63) is 94.5 Å². The molecule has 1 aliphatic heterocycles. The van der Waals surface area contributed by atoms with E-state index in [2.05, 4.69) is 67.1 Å². The highest BCUT2D eigenvalue weighted by Crippen LogP contribution is 2.47. The highest BCUT2D eigenvalue weighted by molar-refractivity contribution is 6.33. The van der Waals surface area contributed by atoms with Crippen molar-refractivity contribution in [1.29, 1.82) is 0 Å². The molecule has 1 aliphatic rings. The number of anilines is 4. The summed E-state index contributed by atoms with van der Waals surface area (Å²) < 4.78 is 6.67. The van der Waals surface area contributed by atoms with Crippen LogP contribution in [0.25, 0.3) is 11.1 Å². The van der Waals surface area contributed by atoms with Crippen LogP contribution in [0.3, 0.4) is 0 Å². The minimum atomic E-state index is -0.949. The summed E-state index contributed by atoms with van der Waals surface area (Å²) in [5, 5.41) is 14.2. The molecule has 4 aromatic rings. The summed E-state index contributed by atoms with van der Waals surface area (Å²) >= 11 is 6.52. The van der Waals surface area contributed by atoms with E-state index in [1.807, 2.05) is 36.4 Å². The zero-order valence-corrected chi connectivity index (χ0v) is 24.8. The fourth-order valence-corrected chi connectivity index (χ4v) is 5.79. The zero-order chi connectivity index (χ0) is 29.1. The number of para-hydroxylation sites is 1. The average Bonchev–Trinajstić information content (AvgIpc) is 2.98. The fraction of sp³-hybridized carbons (Fsp3) is 0.265. The first kappa shape index (κ1) is 28.4. The first-order chi connectivity index (χ1) is 19.9. The molecule has 0 spiro atoms. The number of carbonyl (C=O) groups is 1. The smallest absolute Gasteiger partial charge is 0.336 e. The van der Waals surface area contributed by atoms with Gasteiger partial charge in [-0.25, -0.2) is 4.79 Å². The van der Waals surface area contributed by atoms with Gasteiger partial charge in [-0.05, 0) is 69.2 Å². The van der Waals surface area contributed by atoms with E-state index in [1.165, 1.54) is 0 Å². The van der Waals surface area contributed by atoms with E-state index in [4.69, 9.17) is 16.3 Å². The Bertz CT molecular complexity index is 1580. The molecule has 0 atom stereocenters. The normalized spacial score (nSPS) is 11.7. The number of fused-ring (bicyclic) bond motifs is 2. The van der Waals surface area contributed by atoms with E-state index in [0.29, 0.717) is 17.0 Å². The zero-order valence-electron chi connectivity index (χ0n) is 24.0. The largest absolute Gasteiger partial charge is 0.478 e. The van der Waals surface area contributed by atoms with Crippen molar-refractivity contribution in [3.63, 3.8) is 0 Å². The number of rotatable bonds is 10. The van der Waals surface area contributed by atoms with Crippen LogP contribution in [0.2, 0.25) is 5.02 Å². The quantitative estimate of drug-likeness (QED) is 0.175. The third kappa shape index (κ3) is 5.57. The van der Waals surface area contributed by atoms with Crippen LogP contribution in [0.15, 0.2) is 72.8 Å². The van der Waals surface area contributed by atoms with Crippen LogP contribution in [0.1, 0.15) is 49.2 Å². The summed E-state index contributed by atoms with van der Waals surface area (Å²) in [6, 6.07) is 23.4. The molecule has 1 heterocycles. The Hall–Kier alpha value is -4.16. The second kappa shape index (κ2) is 12.1. The summed E-state index contributed by atoms with van der Waals surface area (Å²) in [6.45, 7) is 11.9. The number of ether oxygens (including phenoxy) is 1. The molecule has 0 aliphatic carbocycles. The van der Waals surface area contributed by atoms with E-state index < -0.39 is 5.97 Å². The molecular formula is C34H36ClN3O3. The van der Waals surface area contributed by atoms with Crippen molar-refractivity contribution in [2.24, 2.45) is 0 Å². The number of aromatic carboxylic acids is 1. The first-order valence-corrected chi connectivity index (χ1v) is 14.6. The van der Waals surface area contributed by atoms with E-state index in [9.17, 15) is 9.90 Å². The van der Waals surface area contributed by atoms with Gasteiger partial charge < -0.3 is 25.0 Å². The maximum absolute atomic E-state index is 12.2. The van der Waals surface area contributed by atoms with Gasteiger partial charge in [0, 0.05) is 61.5 Å². The lowest BCUT2D eigenvalue weighted by Crippen LogP contribution is -2.23. The third-order valence-corrected chi connectivity index (χ3v) is 8.11. The van der Waals surface area contributed by atoms with Crippen molar-refractivity contribution in [3.8, 4) is 22.6 Å². The van der Waals surface area contributed by atoms with E-state index in [-0.39, 0.29) is 5.56 Å². The molecule has 0 saturated heterocycles. The topological polar surface area (TPSA) is 65.0 Å². The van der Waals surface area contributed by atoms with Gasteiger partial charge in [-0.1, -0.05) is 41.9 Å². The average molecular weight is 570 g/mol. The Morgan fingerprint density at radius 3 is 2.20 bits per heavy atom. The van der Waals surface area contributed by atoms with Crippen LogP contribution in [0, 0.1) is 0 Å². The molecule has 4 aromatic carbocycles. The number of carboxylic acid groups (broad SMARTS) is 1. The fourth-order valence-electron chi connectivity index (χ4n) is 5.61. The van der Waals surface area contributed by atoms with E-state index >= 15 is 0 Å². The second-order valence-corrected chi connectivity index (χ2v) is 10.4. The molecule has 212 valence electrons. The highest BCUT2D eigenvalue weighted by atomic mass is 35.5. The van der Waals surface area contributed by atoms with Gasteiger partial charge in [0.05, 0.1) is 27.6 Å². The summed E-state index contributed by atoms with van der Waals surface area (Å²) in [6.07, 6.45) is 0.599. The van der Waals surface area contributed by atoms with Crippen LogP contribution in [-0.4, -0.2) is 37.3 Å². The summed E-state index contributed by atoms with van der Waals surface area (Å²) in [5.74, 6) is 0.613. The molecule has 7 heteroatoms. The van der Waals surface area contributed by atoms with Crippen LogP contribution in [-0.2, 0) is 6.42 Å². The van der Waals surface area contributed by atoms with Gasteiger partial charge in [-0.2, -0.15) is 0 Å². The van der Waals surface area contributed by atoms with Gasteiger partial charge >= 0.3 is 5.97 Å². The predicted octanol–water partition coefficient (Wildman–Crippen LogP) is 8.84. The molecule has 0 unspecified atom stereocenters. The molecule has 5 rings (SSSR count). The Balaban J connectivity index is 1.68. The van der Waals surface area contributed by atoms with Crippen molar-refractivity contribution in [2.75, 3.05) is 41.3 Å². The standard InChI is InChI=1S/C34H36ClN3O3/c1-5-37(6-2)23-19-26(24-13-9-10-14-25(24)34(39)40)27-17-22-18-30(36-29-16-12-11-15-28(29)35)31(38(7-3)8-4)21-32(22)41-33(27)20-23/h9-16,18-21,36H,5-8,17H2,1-4H3,(H,39,40). The van der Waals surface area contributed by atoms with Crippen LogP contribution in [0.4, 0.5) is 22.7 Å². The van der Waals surface area contributed by atoms with Crippen molar-refractivity contribution >= 4 is 40.3 Å². The molecule has 0 fully saturated rings. The summed E-state index contributed by atoms with van der Waals surface area (Å²) in [4.78, 5) is 16.8. The Morgan fingerprint density at radius 2 is 1.51 bits per heavy atom. The number of halogens is 1. The van der Waals surface area contributed by atoms with Crippen molar-refractivity contribution in [1.82, 2.24) is 0 Å². The predicted molar refractivity (Wildman–Crippen MR) is 170 cm³/mol. The number of hydrogen-bond donors (Lipinski definition) is 2. The van der Waals surface area contributed by atoms with E-state index in [1.54, 1.807) is 12.1 Å². The van der Waals surface area contributed by atoms with Crippen LogP contribution < -0.4 is 19.9 Å². The lowest BCUT2D eigenvalue weighted by Gasteiger charge is -2.31. The van der Waals surface area contributed by atoms with Crippen molar-refractivity contribution < 1.29 is 14.6 Å². The Morgan fingerprint density at radius 1 is 0.829 bits per heavy atom. The SMILES string of the molecule is CCN(CC)c1cc2c(c(-c3ccccc3C(=O)O)c1)Cc1cc(Nc3ccccc3Cl)c(N(CC)CC)cc1O2. The minimum Gasteiger partial charge on any atom is -0.478 e. The number of benzene rings is 4. The van der Waals surface area contributed by atoms with Crippen LogP contribution >= 0.6 is 11.6 Å². The molecular weight excluding hydrogens is 534 g/mol. The maximum atomic E-state index is 12.2. The summed E-state index contributed by atoms with van der Waals surface area (Å²) in [7, 11) is 0. The third-order valence-electron chi connectivity index (χ3n) is 7.78. The molecule has 41 heavy (non-hydrogen) atoms. The van der Waals surface area contributed by atoms with Gasteiger partial charge in [0.25, 0.3) is 0 Å². The number of carboxylic acids is 1. The van der Waals surface area contributed by atoms with Gasteiger partial charge in [0.15, 0.2) is 0 Å². The molecule has 0 aromatic heterocycles. The van der Waals surface area contributed by atoms with Crippen LogP contribution in [0.5, 0.6) is 11.5 Å².